The summed E-state index contributed by atoms with van der Waals surface area (Å²) in [5.74, 6) is 0. The zero-order valence-electron chi connectivity index (χ0n) is 8.09. The van der Waals surface area contributed by atoms with Gasteiger partial charge in [0.1, 0.15) is 0 Å². The molecule has 0 aliphatic heterocycles. The molecule has 11 heavy (non-hydrogen) atoms. The average Bonchev–Trinajstić information content (AvgIpc) is 1.95. The van der Waals surface area contributed by atoms with Crippen LogP contribution in [0.3, 0.4) is 0 Å². The summed E-state index contributed by atoms with van der Waals surface area (Å²) in [5.41, 5.74) is 0. The molecule has 0 aromatic rings. The lowest BCUT2D eigenvalue weighted by Crippen LogP contribution is -2.47. The van der Waals surface area contributed by atoms with E-state index >= 15 is 0 Å². The van der Waals surface area contributed by atoms with Gasteiger partial charge < -0.3 is 4.48 Å². The smallest absolute Gasteiger partial charge is 0.0757 e. The van der Waals surface area contributed by atoms with Gasteiger partial charge in [-0.3, -0.25) is 0 Å². The molecule has 3 heteroatoms. The van der Waals surface area contributed by atoms with Gasteiger partial charge in [-0.1, -0.05) is 0 Å². The SMILES string of the molecule is CC[N+](CC)(CC)CC.Cl.I. The van der Waals surface area contributed by atoms with Gasteiger partial charge in [-0.15, -0.1) is 36.4 Å². The second-order valence-corrected chi connectivity index (χ2v) is 2.61. The molecule has 0 atom stereocenters. The molecule has 0 aliphatic carbocycles. The van der Waals surface area contributed by atoms with Gasteiger partial charge in [0.15, 0.2) is 0 Å². The molecule has 72 valence electrons. The van der Waals surface area contributed by atoms with Crippen molar-refractivity contribution < 1.29 is 4.48 Å². The summed E-state index contributed by atoms with van der Waals surface area (Å²) in [4.78, 5) is 0. The Morgan fingerprint density at radius 2 is 0.909 bits per heavy atom. The maximum absolute atomic E-state index is 2.27. The van der Waals surface area contributed by atoms with Crippen molar-refractivity contribution in [2.75, 3.05) is 26.2 Å². The normalized spacial score (nSPS) is 9.82. The van der Waals surface area contributed by atoms with Crippen molar-refractivity contribution in [3.05, 3.63) is 0 Å². The van der Waals surface area contributed by atoms with Crippen LogP contribution in [0.4, 0.5) is 0 Å². The molecule has 0 aromatic carbocycles. The highest BCUT2D eigenvalue weighted by molar-refractivity contribution is 14.0. The lowest BCUT2D eigenvalue weighted by atomic mass is 10.3. The third-order valence-electron chi connectivity index (χ3n) is 2.68. The minimum Gasteiger partial charge on any atom is -0.325 e. The molecule has 0 saturated heterocycles. The molecule has 0 saturated carbocycles. The fourth-order valence-corrected chi connectivity index (χ4v) is 1.34. The Labute approximate surface area is 94.6 Å². The Morgan fingerprint density at radius 3 is 0.909 bits per heavy atom. The van der Waals surface area contributed by atoms with Crippen LogP contribution < -0.4 is 0 Å². The van der Waals surface area contributed by atoms with E-state index in [9.17, 15) is 0 Å². The average molecular weight is 295 g/mol. The number of hydrogen-bond acceptors (Lipinski definition) is 0. The fraction of sp³-hybridized carbons (Fsp3) is 1.00. The van der Waals surface area contributed by atoms with Crippen molar-refractivity contribution in [2.24, 2.45) is 0 Å². The maximum atomic E-state index is 2.27. The molecule has 0 bridgehead atoms. The Kier molecular flexibility index (Phi) is 14.8. The first-order valence-corrected chi connectivity index (χ1v) is 4.09. The van der Waals surface area contributed by atoms with E-state index < -0.39 is 0 Å². The van der Waals surface area contributed by atoms with Crippen LogP contribution in [0, 0.1) is 0 Å². The van der Waals surface area contributed by atoms with Gasteiger partial charge >= 0.3 is 0 Å². The third-order valence-corrected chi connectivity index (χ3v) is 2.68. The van der Waals surface area contributed by atoms with Crippen molar-refractivity contribution in [1.82, 2.24) is 0 Å². The Hall–Kier alpha value is 0.980. The molecule has 0 unspecified atom stereocenters. The zero-order chi connectivity index (χ0) is 7.33. The first kappa shape index (κ1) is 17.9. The van der Waals surface area contributed by atoms with Gasteiger partial charge in [0.25, 0.3) is 0 Å². The number of hydrogen-bond donors (Lipinski definition) is 0. The summed E-state index contributed by atoms with van der Waals surface area (Å²) in [6.07, 6.45) is 0. The highest BCUT2D eigenvalue weighted by Crippen LogP contribution is 2.03. The minimum atomic E-state index is 0. The van der Waals surface area contributed by atoms with E-state index in [1.807, 2.05) is 0 Å². The van der Waals surface area contributed by atoms with Crippen LogP contribution >= 0.6 is 36.4 Å². The predicted octanol–water partition coefficient (Wildman–Crippen LogP) is 2.92. The molecule has 0 spiro atoms. The van der Waals surface area contributed by atoms with Crippen LogP contribution in [0.5, 0.6) is 0 Å². The second-order valence-electron chi connectivity index (χ2n) is 2.61. The van der Waals surface area contributed by atoms with Crippen molar-refractivity contribution in [3.63, 3.8) is 0 Å². The van der Waals surface area contributed by atoms with E-state index in [0.717, 1.165) is 0 Å². The van der Waals surface area contributed by atoms with Crippen LogP contribution in [0.1, 0.15) is 27.7 Å². The van der Waals surface area contributed by atoms with Gasteiger partial charge in [0.2, 0.25) is 0 Å². The fourth-order valence-electron chi connectivity index (χ4n) is 1.34. The molecular weight excluding hydrogens is 272 g/mol. The molecule has 0 amide bonds. The molecule has 0 fully saturated rings. The van der Waals surface area contributed by atoms with Gasteiger partial charge in [-0.25, -0.2) is 0 Å². The predicted molar refractivity (Wildman–Crippen MR) is 65.1 cm³/mol. The lowest BCUT2D eigenvalue weighted by Gasteiger charge is -2.34. The quantitative estimate of drug-likeness (QED) is 0.552. The van der Waals surface area contributed by atoms with Crippen molar-refractivity contribution >= 4 is 36.4 Å². The van der Waals surface area contributed by atoms with Gasteiger partial charge in [-0.2, -0.15) is 0 Å². The molecule has 1 nitrogen and oxygen atoms in total. The Bertz CT molecular complexity index is 57.0. The maximum Gasteiger partial charge on any atom is 0.0757 e. The minimum absolute atomic E-state index is 0. The van der Waals surface area contributed by atoms with Gasteiger partial charge in [0, 0.05) is 0 Å². The molecular formula is C8H22ClIN+. The number of quaternary nitrogens is 1. The third kappa shape index (κ3) is 5.26. The zero-order valence-corrected chi connectivity index (χ0v) is 11.2. The highest BCUT2D eigenvalue weighted by atomic mass is 127. The molecule has 0 heterocycles. The van der Waals surface area contributed by atoms with Crippen LogP contribution in [0.25, 0.3) is 0 Å². The summed E-state index contributed by atoms with van der Waals surface area (Å²) in [6, 6.07) is 0. The topological polar surface area (TPSA) is 0 Å². The van der Waals surface area contributed by atoms with E-state index in [0.29, 0.717) is 0 Å². The van der Waals surface area contributed by atoms with Crippen LogP contribution in [0.2, 0.25) is 0 Å². The van der Waals surface area contributed by atoms with Crippen molar-refractivity contribution in [2.45, 2.75) is 27.7 Å². The number of halogens is 2. The first-order chi connectivity index (χ1) is 4.24. The summed E-state index contributed by atoms with van der Waals surface area (Å²) < 4.78 is 1.28. The van der Waals surface area contributed by atoms with Crippen LogP contribution in [0.15, 0.2) is 0 Å². The van der Waals surface area contributed by atoms with E-state index in [-0.39, 0.29) is 36.4 Å². The van der Waals surface area contributed by atoms with E-state index in [1.54, 1.807) is 0 Å². The van der Waals surface area contributed by atoms with Crippen LogP contribution in [-0.2, 0) is 0 Å². The van der Waals surface area contributed by atoms with E-state index in [1.165, 1.54) is 30.7 Å². The summed E-state index contributed by atoms with van der Waals surface area (Å²) in [6.45, 7) is 14.2. The Morgan fingerprint density at radius 1 is 0.727 bits per heavy atom. The standard InChI is InChI=1S/C8H20N.ClH.HI/c1-5-9(6-2,7-3)8-4;;/h5-8H2,1-4H3;2*1H/q+1;;. The summed E-state index contributed by atoms with van der Waals surface area (Å²) >= 11 is 0. The molecule has 0 aromatic heterocycles. The molecule has 0 rings (SSSR count). The lowest BCUT2D eigenvalue weighted by molar-refractivity contribution is -0.921. The molecule has 0 radical (unpaired) electrons. The second kappa shape index (κ2) is 9.07. The monoisotopic (exact) mass is 294 g/mol. The van der Waals surface area contributed by atoms with E-state index in [2.05, 4.69) is 27.7 Å². The molecule has 0 N–H and O–H groups in total. The Balaban J connectivity index is -0.000000320. The number of nitrogens with zero attached hydrogens (tertiary/aromatic N) is 1. The van der Waals surface area contributed by atoms with Crippen molar-refractivity contribution in [3.8, 4) is 0 Å². The highest BCUT2D eigenvalue weighted by Gasteiger charge is 2.16. The molecule has 0 aliphatic rings. The summed E-state index contributed by atoms with van der Waals surface area (Å²) in [5, 5.41) is 0. The van der Waals surface area contributed by atoms with Crippen LogP contribution in [-0.4, -0.2) is 30.7 Å². The van der Waals surface area contributed by atoms with E-state index in [4.69, 9.17) is 0 Å². The summed E-state index contributed by atoms with van der Waals surface area (Å²) in [7, 11) is 0. The van der Waals surface area contributed by atoms with Crippen molar-refractivity contribution in [1.29, 1.82) is 0 Å². The first-order valence-electron chi connectivity index (χ1n) is 4.09. The number of rotatable bonds is 4. The largest absolute Gasteiger partial charge is 0.325 e. The van der Waals surface area contributed by atoms with Gasteiger partial charge in [-0.05, 0) is 27.7 Å². The van der Waals surface area contributed by atoms with Gasteiger partial charge in [0.05, 0.1) is 26.2 Å².